The van der Waals surface area contributed by atoms with Crippen molar-refractivity contribution in [3.8, 4) is 5.75 Å². The number of nitrogens with two attached hydrogens (primary N) is 1. The molecule has 4 N–H and O–H groups in total. The molecule has 0 radical (unpaired) electrons. The smallest absolute Gasteiger partial charge is 0.404 e. The van der Waals surface area contributed by atoms with Crippen LogP contribution in [0.25, 0.3) is 0 Å². The third kappa shape index (κ3) is 5.88. The van der Waals surface area contributed by atoms with Gasteiger partial charge in [0.25, 0.3) is 17.7 Å². The maximum Gasteiger partial charge on any atom is 0.404 e. The average molecular weight is 474 g/mol. The predicted octanol–water partition coefficient (Wildman–Crippen LogP) is 0.239. The Morgan fingerprint density at radius 2 is 1.85 bits per heavy atom. The second-order valence-electron chi connectivity index (χ2n) is 7.85. The van der Waals surface area contributed by atoms with E-state index in [2.05, 4.69) is 15.4 Å². The van der Waals surface area contributed by atoms with Gasteiger partial charge in [0, 0.05) is 13.0 Å². The zero-order valence-electron chi connectivity index (χ0n) is 18.5. The highest BCUT2D eigenvalue weighted by atomic mass is 16.5. The lowest BCUT2D eigenvalue weighted by molar-refractivity contribution is -0.136. The summed E-state index contributed by atoms with van der Waals surface area (Å²) in [6.07, 6.45) is 2.31. The number of rotatable bonds is 11. The first kappa shape index (κ1) is 24.7. The number of benzene rings is 1. The van der Waals surface area contributed by atoms with Crippen molar-refractivity contribution in [3.63, 3.8) is 0 Å². The van der Waals surface area contributed by atoms with Crippen LogP contribution < -0.4 is 21.1 Å². The fourth-order valence-electron chi connectivity index (χ4n) is 3.78. The van der Waals surface area contributed by atoms with Crippen LogP contribution in [0.3, 0.4) is 0 Å². The quantitative estimate of drug-likeness (QED) is 0.302. The van der Waals surface area contributed by atoms with E-state index in [9.17, 15) is 28.8 Å². The van der Waals surface area contributed by atoms with Crippen LogP contribution in [0.5, 0.6) is 5.75 Å². The summed E-state index contributed by atoms with van der Waals surface area (Å²) in [5, 5.41) is 4.84. The van der Waals surface area contributed by atoms with E-state index in [1.54, 1.807) is 0 Å². The topological polar surface area (TPSA) is 174 Å². The second kappa shape index (κ2) is 11.3. The maximum atomic E-state index is 13.0. The number of unbranched alkanes of at least 4 members (excludes halogenated alkanes) is 3. The number of fused-ring (bicyclic) bond motifs is 1. The van der Waals surface area contributed by atoms with E-state index >= 15 is 0 Å². The lowest BCUT2D eigenvalue weighted by Gasteiger charge is -2.27. The summed E-state index contributed by atoms with van der Waals surface area (Å²) in [5.74, 6) is -2.84. The molecular formula is C22H26N4O8. The Morgan fingerprint density at radius 3 is 2.59 bits per heavy atom. The van der Waals surface area contributed by atoms with Crippen LogP contribution in [-0.2, 0) is 19.1 Å². The molecular weight excluding hydrogens is 448 g/mol. The Bertz CT molecular complexity index is 1010. The number of nitrogens with one attached hydrogen (secondary N) is 2. The van der Waals surface area contributed by atoms with Gasteiger partial charge in [0.15, 0.2) is 6.61 Å². The molecule has 1 unspecified atom stereocenters. The Morgan fingerprint density at radius 1 is 1.09 bits per heavy atom. The first-order valence-corrected chi connectivity index (χ1v) is 11.0. The molecule has 1 saturated heterocycles. The Kier molecular flexibility index (Phi) is 8.17. The van der Waals surface area contributed by atoms with Crippen LogP contribution in [0.4, 0.5) is 4.79 Å². The van der Waals surface area contributed by atoms with Gasteiger partial charge in [-0.15, -0.1) is 0 Å². The minimum Gasteiger partial charge on any atom is -0.483 e. The number of hydrogen-bond donors (Lipinski definition) is 3. The normalized spacial score (nSPS) is 17.3. The van der Waals surface area contributed by atoms with Gasteiger partial charge in [-0.3, -0.25) is 34.2 Å². The zero-order valence-corrected chi connectivity index (χ0v) is 18.5. The molecule has 0 aliphatic carbocycles. The molecule has 0 saturated carbocycles. The molecule has 12 nitrogen and oxygen atoms in total. The van der Waals surface area contributed by atoms with Gasteiger partial charge in [0.2, 0.25) is 11.8 Å². The van der Waals surface area contributed by atoms with Crippen molar-refractivity contribution < 1.29 is 38.2 Å². The van der Waals surface area contributed by atoms with E-state index in [-0.39, 0.29) is 42.9 Å². The first-order valence-electron chi connectivity index (χ1n) is 11.0. The molecule has 2 aliphatic rings. The van der Waals surface area contributed by atoms with Crippen LogP contribution in [0.1, 0.15) is 59.2 Å². The second-order valence-corrected chi connectivity index (χ2v) is 7.85. The third-order valence-electron chi connectivity index (χ3n) is 5.43. The molecule has 1 fully saturated rings. The summed E-state index contributed by atoms with van der Waals surface area (Å²) in [6.45, 7) is 0.328. The monoisotopic (exact) mass is 474 g/mol. The first-order chi connectivity index (χ1) is 16.3. The van der Waals surface area contributed by atoms with Crippen molar-refractivity contribution in [2.45, 2.75) is 44.6 Å². The molecule has 3 rings (SSSR count). The predicted molar refractivity (Wildman–Crippen MR) is 116 cm³/mol. The van der Waals surface area contributed by atoms with Crippen molar-refractivity contribution in [1.29, 1.82) is 0 Å². The van der Waals surface area contributed by atoms with Gasteiger partial charge in [-0.1, -0.05) is 12.5 Å². The molecule has 182 valence electrons. The van der Waals surface area contributed by atoms with Gasteiger partial charge in [-0.2, -0.15) is 0 Å². The van der Waals surface area contributed by atoms with Crippen LogP contribution in [0.2, 0.25) is 0 Å². The van der Waals surface area contributed by atoms with Crippen molar-refractivity contribution in [2.75, 3.05) is 19.8 Å². The molecule has 6 amide bonds. The van der Waals surface area contributed by atoms with Gasteiger partial charge < -0.3 is 20.5 Å². The fraction of sp³-hybridized carbons (Fsp3) is 0.455. The summed E-state index contributed by atoms with van der Waals surface area (Å²) in [5.41, 5.74) is 4.93. The Hall–Kier alpha value is -3.96. The summed E-state index contributed by atoms with van der Waals surface area (Å²) < 4.78 is 10.1. The number of nitrogens with zero attached hydrogens (tertiary/aromatic N) is 1. The van der Waals surface area contributed by atoms with Gasteiger partial charge in [-0.25, -0.2) is 4.79 Å². The lowest BCUT2D eigenvalue weighted by atomic mass is 10.0. The van der Waals surface area contributed by atoms with Crippen molar-refractivity contribution in [2.24, 2.45) is 5.73 Å². The maximum absolute atomic E-state index is 13.0. The number of imide groups is 2. The van der Waals surface area contributed by atoms with E-state index in [1.807, 2.05) is 0 Å². The fourth-order valence-corrected chi connectivity index (χ4v) is 3.78. The summed E-state index contributed by atoms with van der Waals surface area (Å²) in [7, 11) is 0. The molecule has 2 aliphatic heterocycles. The highest BCUT2D eigenvalue weighted by Crippen LogP contribution is 2.33. The number of carbonyl (C=O) groups excluding carboxylic acids is 6. The minimum absolute atomic E-state index is 0.0109. The SMILES string of the molecule is NC(=O)OCCCCCCNC(=O)COc1cccc2c1C(=O)N(C1CCC(=O)NC1=O)C2=O. The van der Waals surface area contributed by atoms with E-state index in [0.29, 0.717) is 13.0 Å². The summed E-state index contributed by atoms with van der Waals surface area (Å²) in [4.78, 5) is 72.8. The van der Waals surface area contributed by atoms with Crippen molar-refractivity contribution in [3.05, 3.63) is 29.3 Å². The van der Waals surface area contributed by atoms with Crippen molar-refractivity contribution >= 4 is 35.6 Å². The van der Waals surface area contributed by atoms with E-state index in [0.717, 1.165) is 24.2 Å². The van der Waals surface area contributed by atoms with E-state index in [1.165, 1.54) is 18.2 Å². The highest BCUT2D eigenvalue weighted by Gasteiger charge is 2.46. The largest absolute Gasteiger partial charge is 0.483 e. The summed E-state index contributed by atoms with van der Waals surface area (Å²) >= 11 is 0. The summed E-state index contributed by atoms with van der Waals surface area (Å²) in [6, 6.07) is 3.36. The average Bonchev–Trinajstić information content (AvgIpc) is 3.05. The number of amides is 6. The Balaban J connectivity index is 1.49. The Labute approximate surface area is 195 Å². The third-order valence-corrected chi connectivity index (χ3v) is 5.43. The molecule has 1 aromatic rings. The van der Waals surface area contributed by atoms with Crippen LogP contribution in [-0.4, -0.2) is 66.3 Å². The molecule has 12 heteroatoms. The van der Waals surface area contributed by atoms with Crippen LogP contribution in [0, 0.1) is 0 Å². The van der Waals surface area contributed by atoms with Gasteiger partial charge in [0.1, 0.15) is 11.8 Å². The van der Waals surface area contributed by atoms with Crippen LogP contribution >= 0.6 is 0 Å². The molecule has 0 aromatic heterocycles. The molecule has 34 heavy (non-hydrogen) atoms. The van der Waals surface area contributed by atoms with E-state index in [4.69, 9.17) is 10.5 Å². The minimum atomic E-state index is -1.08. The molecule has 2 heterocycles. The van der Waals surface area contributed by atoms with E-state index < -0.39 is 41.7 Å². The number of ether oxygens (including phenoxy) is 2. The molecule has 0 bridgehead atoms. The number of hydrogen-bond acceptors (Lipinski definition) is 8. The van der Waals surface area contributed by atoms with Gasteiger partial charge in [-0.05, 0) is 37.8 Å². The number of primary amides is 1. The molecule has 0 spiro atoms. The van der Waals surface area contributed by atoms with Crippen LogP contribution in [0.15, 0.2) is 18.2 Å². The lowest BCUT2D eigenvalue weighted by Crippen LogP contribution is -2.54. The van der Waals surface area contributed by atoms with Gasteiger partial charge in [0.05, 0.1) is 17.7 Å². The van der Waals surface area contributed by atoms with Crippen molar-refractivity contribution in [1.82, 2.24) is 15.5 Å². The highest BCUT2D eigenvalue weighted by molar-refractivity contribution is 6.24. The molecule has 1 aromatic carbocycles. The molecule has 1 atom stereocenters. The number of piperidine rings is 1. The van der Waals surface area contributed by atoms with Gasteiger partial charge >= 0.3 is 6.09 Å². The zero-order chi connectivity index (χ0) is 24.7. The standard InChI is InChI=1S/C22H26N4O8/c23-22(32)33-11-4-2-1-3-10-24-17(28)12-34-15-7-5-6-13-18(15)21(31)26(20(13)30)14-8-9-16(27)25-19(14)29/h5-7,14H,1-4,8-12H2,(H2,23,32)(H,24,28)(H,25,27,29). The number of carbonyl (C=O) groups is 6.